The van der Waals surface area contributed by atoms with Crippen molar-refractivity contribution in [1.29, 1.82) is 0 Å². The second-order valence-corrected chi connectivity index (χ2v) is 5.18. The Morgan fingerprint density at radius 1 is 1.26 bits per heavy atom. The second-order valence-electron chi connectivity index (χ2n) is 3.94. The van der Waals surface area contributed by atoms with Crippen molar-refractivity contribution in [2.75, 3.05) is 0 Å². The molecule has 2 aromatic heterocycles. The van der Waals surface area contributed by atoms with Crippen LogP contribution in [0, 0.1) is 6.92 Å². The van der Waals surface area contributed by atoms with Crippen LogP contribution in [0.5, 0.6) is 0 Å². The summed E-state index contributed by atoms with van der Waals surface area (Å²) in [6, 6.07) is 0. The summed E-state index contributed by atoms with van der Waals surface area (Å²) in [5, 5.41) is 2.46. The van der Waals surface area contributed by atoms with Gasteiger partial charge in [0.2, 0.25) is 0 Å². The first-order chi connectivity index (χ1) is 9.24. The number of hydrogen-bond acceptors (Lipinski definition) is 4. The minimum absolute atomic E-state index is 0.0630. The number of rotatable bonds is 1. The molecule has 1 aliphatic carbocycles. The summed E-state index contributed by atoms with van der Waals surface area (Å²) in [5.41, 5.74) is -0.0630. The van der Waals surface area contributed by atoms with Crippen molar-refractivity contribution < 1.29 is 0 Å². The molecule has 1 N–H and O–H groups in total. The van der Waals surface area contributed by atoms with Gasteiger partial charge in [0.15, 0.2) is 5.82 Å². The van der Waals surface area contributed by atoms with E-state index in [1.807, 2.05) is 32.9 Å². The minimum atomic E-state index is -0.0630. The third kappa shape index (κ3) is 2.81. The van der Waals surface area contributed by atoms with Gasteiger partial charge in [-0.2, -0.15) is 0 Å². The lowest BCUT2D eigenvalue weighted by Gasteiger charge is -2.00. The first-order valence-corrected chi connectivity index (χ1v) is 7.29. The molecule has 0 saturated carbocycles. The van der Waals surface area contributed by atoms with Gasteiger partial charge in [0.1, 0.15) is 0 Å². The normalized spacial score (nSPS) is 12.6. The van der Waals surface area contributed by atoms with Gasteiger partial charge in [0.05, 0.1) is 20.5 Å². The van der Waals surface area contributed by atoms with E-state index in [2.05, 4.69) is 15.0 Å². The van der Waals surface area contributed by atoms with Gasteiger partial charge in [-0.3, -0.25) is 4.79 Å². The number of thiazole rings is 1. The Morgan fingerprint density at radius 3 is 2.68 bits per heavy atom. The molecule has 0 atom stereocenters. The van der Waals surface area contributed by atoms with Gasteiger partial charge in [0, 0.05) is 6.20 Å². The van der Waals surface area contributed by atoms with Crippen molar-refractivity contribution in [3.8, 4) is 10.7 Å². The molecule has 1 aliphatic rings. The summed E-state index contributed by atoms with van der Waals surface area (Å²) in [6.07, 6.45) is 7.57. The Hall–Kier alpha value is -1.75. The number of fused-ring (bicyclic) bond motifs is 1. The van der Waals surface area contributed by atoms with E-state index in [0.717, 1.165) is 28.1 Å². The van der Waals surface area contributed by atoms with Crippen LogP contribution in [0.3, 0.4) is 0 Å². The highest BCUT2D eigenvalue weighted by molar-refractivity contribution is 7.14. The van der Waals surface area contributed by atoms with Crippen LogP contribution in [-0.2, 0) is 0 Å². The topological polar surface area (TPSA) is 58.6 Å². The van der Waals surface area contributed by atoms with Crippen LogP contribution in [0.4, 0.5) is 0 Å². The van der Waals surface area contributed by atoms with E-state index in [4.69, 9.17) is 0 Å². The predicted molar refractivity (Wildman–Crippen MR) is 79.5 cm³/mol. The van der Waals surface area contributed by atoms with Crippen LogP contribution in [0.15, 0.2) is 11.0 Å². The molecule has 0 aliphatic heterocycles. The summed E-state index contributed by atoms with van der Waals surface area (Å²) < 4.78 is 0. The van der Waals surface area contributed by atoms with E-state index in [0.29, 0.717) is 11.0 Å². The maximum atomic E-state index is 11.9. The fourth-order valence-electron chi connectivity index (χ4n) is 1.89. The molecule has 0 radical (unpaired) electrons. The van der Waals surface area contributed by atoms with Crippen molar-refractivity contribution >= 4 is 23.5 Å². The molecule has 0 amide bonds. The lowest BCUT2D eigenvalue weighted by Crippen LogP contribution is -2.44. The smallest absolute Gasteiger partial charge is 0.258 e. The maximum absolute atomic E-state index is 11.9. The van der Waals surface area contributed by atoms with Gasteiger partial charge in [-0.1, -0.05) is 26.0 Å². The quantitative estimate of drug-likeness (QED) is 0.859. The average Bonchev–Trinajstić information content (AvgIpc) is 2.88. The van der Waals surface area contributed by atoms with Gasteiger partial charge in [-0.05, 0) is 19.8 Å². The lowest BCUT2D eigenvalue weighted by molar-refractivity contribution is 1.01. The van der Waals surface area contributed by atoms with Crippen LogP contribution in [-0.4, -0.2) is 15.0 Å². The highest BCUT2D eigenvalue weighted by Gasteiger charge is 2.07. The molecule has 2 heterocycles. The van der Waals surface area contributed by atoms with Crippen LogP contribution < -0.4 is 16.1 Å². The molecule has 0 bridgehead atoms. The zero-order valence-corrected chi connectivity index (χ0v) is 12.2. The molecule has 5 heteroatoms. The molecule has 4 nitrogen and oxygen atoms in total. The highest BCUT2D eigenvalue weighted by atomic mass is 32.1. The van der Waals surface area contributed by atoms with Crippen molar-refractivity contribution in [3.63, 3.8) is 0 Å². The molecule has 0 saturated heterocycles. The van der Waals surface area contributed by atoms with E-state index >= 15 is 0 Å². The van der Waals surface area contributed by atoms with E-state index in [9.17, 15) is 4.79 Å². The number of aromatic amines is 1. The van der Waals surface area contributed by atoms with E-state index < -0.39 is 0 Å². The number of nitrogens with one attached hydrogen (secondary N) is 1. The second kappa shape index (κ2) is 5.93. The summed E-state index contributed by atoms with van der Waals surface area (Å²) in [5.74, 6) is 0.617. The first-order valence-electron chi connectivity index (χ1n) is 6.47. The van der Waals surface area contributed by atoms with Gasteiger partial charge < -0.3 is 4.98 Å². The number of hydrogen-bond donors (Lipinski definition) is 1. The largest absolute Gasteiger partial charge is 0.305 e. The monoisotopic (exact) mass is 275 g/mol. The minimum Gasteiger partial charge on any atom is -0.305 e. The molecule has 0 aromatic carbocycles. The SMILES string of the molecule is CC.Cc1ncc(-c2nc3c(c(=O)[nH]2)=CCCC=3)s1. The predicted octanol–water partition coefficient (Wildman–Crippen LogP) is 1.58. The Bertz CT molecular complexity index is 743. The van der Waals surface area contributed by atoms with Crippen molar-refractivity contribution in [3.05, 3.63) is 32.1 Å². The van der Waals surface area contributed by atoms with E-state index in [1.165, 1.54) is 11.3 Å². The van der Waals surface area contributed by atoms with Crippen LogP contribution in [0.2, 0.25) is 0 Å². The van der Waals surface area contributed by atoms with Gasteiger partial charge in [-0.25, -0.2) is 9.97 Å². The van der Waals surface area contributed by atoms with E-state index in [1.54, 1.807) is 6.20 Å². The molecule has 100 valence electrons. The van der Waals surface area contributed by atoms with Crippen molar-refractivity contribution in [2.45, 2.75) is 33.6 Å². The van der Waals surface area contributed by atoms with Crippen molar-refractivity contribution in [1.82, 2.24) is 15.0 Å². The molecular formula is C14H17N3OS. The molecule has 0 spiro atoms. The van der Waals surface area contributed by atoms with Gasteiger partial charge in [-0.15, -0.1) is 11.3 Å². The molecule has 2 aromatic rings. The third-order valence-electron chi connectivity index (χ3n) is 2.69. The van der Waals surface area contributed by atoms with E-state index in [-0.39, 0.29) is 5.56 Å². The lowest BCUT2D eigenvalue weighted by atomic mass is 10.1. The van der Waals surface area contributed by atoms with Crippen molar-refractivity contribution in [2.24, 2.45) is 0 Å². The zero-order valence-electron chi connectivity index (χ0n) is 11.4. The third-order valence-corrected chi connectivity index (χ3v) is 3.61. The highest BCUT2D eigenvalue weighted by Crippen LogP contribution is 2.20. The summed E-state index contributed by atoms with van der Waals surface area (Å²) in [4.78, 5) is 24.3. The number of H-pyrrole nitrogens is 1. The zero-order chi connectivity index (χ0) is 13.8. The summed E-state index contributed by atoms with van der Waals surface area (Å²) >= 11 is 1.53. The van der Waals surface area contributed by atoms with Crippen LogP contribution in [0.25, 0.3) is 22.9 Å². The van der Waals surface area contributed by atoms with Gasteiger partial charge in [0.25, 0.3) is 5.56 Å². The fourth-order valence-corrected chi connectivity index (χ4v) is 2.61. The van der Waals surface area contributed by atoms with Crippen LogP contribution in [0.1, 0.15) is 31.7 Å². The summed E-state index contributed by atoms with van der Waals surface area (Å²) in [6.45, 7) is 5.94. The Morgan fingerprint density at radius 2 is 2.00 bits per heavy atom. The molecular weight excluding hydrogens is 258 g/mol. The molecule has 3 rings (SSSR count). The fraction of sp³-hybridized carbons (Fsp3) is 0.357. The first kappa shape index (κ1) is 13.7. The molecule has 0 unspecified atom stereocenters. The Labute approximate surface area is 115 Å². The molecule has 19 heavy (non-hydrogen) atoms. The Kier molecular flexibility index (Phi) is 4.27. The maximum Gasteiger partial charge on any atom is 0.258 e. The number of aryl methyl sites for hydroxylation is 1. The molecule has 0 fully saturated rings. The van der Waals surface area contributed by atoms with Gasteiger partial charge >= 0.3 is 0 Å². The summed E-state index contributed by atoms with van der Waals surface area (Å²) in [7, 11) is 0. The Balaban J connectivity index is 0.000000637. The standard InChI is InChI=1S/C12H11N3OS.C2H6/c1-7-13-6-10(17-7)11-14-9-5-3-2-4-8(9)12(16)15-11;1-2/h4-6H,2-3H2,1H3,(H,14,15,16);1-2H3. The number of nitrogens with zero attached hydrogens (tertiary/aromatic N) is 2. The number of aromatic nitrogens is 3. The van der Waals surface area contributed by atoms with Crippen LogP contribution >= 0.6 is 11.3 Å². The average molecular weight is 275 g/mol.